The second kappa shape index (κ2) is 4.28. The van der Waals surface area contributed by atoms with E-state index in [0.717, 1.165) is 20.7 Å². The topological polar surface area (TPSA) is 51.8 Å². The molecule has 2 heterocycles. The number of thiophene rings is 1. The van der Waals surface area contributed by atoms with Crippen molar-refractivity contribution in [3.05, 3.63) is 40.5 Å². The van der Waals surface area contributed by atoms with E-state index < -0.39 is 0 Å². The number of hydrogen-bond acceptors (Lipinski definition) is 4. The van der Waals surface area contributed by atoms with E-state index in [1.807, 2.05) is 26.0 Å². The highest BCUT2D eigenvalue weighted by atomic mass is 32.1. The molecule has 0 atom stereocenters. The summed E-state index contributed by atoms with van der Waals surface area (Å²) >= 11 is 1.56. The molecule has 3 aromatic rings. The van der Waals surface area contributed by atoms with Crippen LogP contribution in [-0.2, 0) is 0 Å². The van der Waals surface area contributed by atoms with Crippen LogP contribution in [0.1, 0.15) is 10.4 Å². The Balaban J connectivity index is 2.24. The zero-order valence-electron chi connectivity index (χ0n) is 10.6. The largest absolute Gasteiger partial charge is 0.383 e. The summed E-state index contributed by atoms with van der Waals surface area (Å²) in [6.45, 7) is 3.83. The molecule has 0 radical (unpaired) electrons. The molecule has 5 heteroatoms. The lowest BCUT2D eigenvalue weighted by molar-refractivity contribution is 0.627. The van der Waals surface area contributed by atoms with Crippen LogP contribution in [0, 0.1) is 19.7 Å². The first-order valence-corrected chi connectivity index (χ1v) is 6.66. The van der Waals surface area contributed by atoms with Crippen molar-refractivity contribution in [2.24, 2.45) is 0 Å². The molecule has 3 nitrogen and oxygen atoms in total. The molecule has 2 N–H and O–H groups in total. The van der Waals surface area contributed by atoms with E-state index in [2.05, 4.69) is 9.97 Å². The highest BCUT2D eigenvalue weighted by molar-refractivity contribution is 7.18. The third kappa shape index (κ3) is 2.17. The van der Waals surface area contributed by atoms with Crippen molar-refractivity contribution in [3.63, 3.8) is 0 Å². The van der Waals surface area contributed by atoms with Gasteiger partial charge < -0.3 is 5.73 Å². The maximum Gasteiger partial charge on any atom is 0.163 e. The third-order valence-electron chi connectivity index (χ3n) is 2.85. The normalized spacial score (nSPS) is 11.1. The molecule has 0 unspecified atom stereocenters. The number of benzene rings is 1. The van der Waals surface area contributed by atoms with Gasteiger partial charge in [-0.2, -0.15) is 0 Å². The minimum absolute atomic E-state index is 0.292. The summed E-state index contributed by atoms with van der Waals surface area (Å²) in [4.78, 5) is 10.7. The average Bonchev–Trinajstić information content (AvgIpc) is 2.69. The Hall–Kier alpha value is -2.01. The fraction of sp³-hybridized carbons (Fsp3) is 0.143. The number of anilines is 1. The Labute approximate surface area is 113 Å². The molecule has 19 heavy (non-hydrogen) atoms. The van der Waals surface area contributed by atoms with Crippen LogP contribution in [0.5, 0.6) is 0 Å². The van der Waals surface area contributed by atoms with Crippen molar-refractivity contribution in [2.45, 2.75) is 13.8 Å². The van der Waals surface area contributed by atoms with Crippen LogP contribution in [0.2, 0.25) is 0 Å². The van der Waals surface area contributed by atoms with Crippen LogP contribution < -0.4 is 5.73 Å². The van der Waals surface area contributed by atoms with E-state index in [1.54, 1.807) is 11.3 Å². The van der Waals surface area contributed by atoms with Gasteiger partial charge in [-0.1, -0.05) is 0 Å². The summed E-state index contributed by atoms with van der Waals surface area (Å²) in [7, 11) is 0. The fourth-order valence-electron chi connectivity index (χ4n) is 2.06. The summed E-state index contributed by atoms with van der Waals surface area (Å²) in [5, 5.41) is 0.861. The fourth-order valence-corrected chi connectivity index (χ4v) is 2.95. The van der Waals surface area contributed by atoms with Crippen molar-refractivity contribution in [1.82, 2.24) is 9.97 Å². The standard InChI is InChI=1S/C14H12FN3S/c1-7-3-9(6-10(15)4-7)13-17-12(16)11-5-8(2)19-14(11)18-13/h3-6H,1-2H3,(H2,16,17,18). The predicted molar refractivity (Wildman–Crippen MR) is 76.7 cm³/mol. The monoisotopic (exact) mass is 273 g/mol. The van der Waals surface area contributed by atoms with Gasteiger partial charge in [0.05, 0.1) is 5.39 Å². The lowest BCUT2D eigenvalue weighted by Crippen LogP contribution is -1.96. The quantitative estimate of drug-likeness (QED) is 0.735. The number of aromatic nitrogens is 2. The van der Waals surface area contributed by atoms with E-state index in [1.165, 1.54) is 12.1 Å². The summed E-state index contributed by atoms with van der Waals surface area (Å²) in [6, 6.07) is 6.72. The molecule has 3 rings (SSSR count). The molecule has 0 spiro atoms. The first kappa shape index (κ1) is 12.0. The van der Waals surface area contributed by atoms with Crippen LogP contribution in [0.4, 0.5) is 10.2 Å². The Morgan fingerprint density at radius 3 is 2.63 bits per heavy atom. The van der Waals surface area contributed by atoms with E-state index in [9.17, 15) is 4.39 Å². The average molecular weight is 273 g/mol. The molecule has 0 fully saturated rings. The van der Waals surface area contributed by atoms with E-state index in [4.69, 9.17) is 5.73 Å². The Morgan fingerprint density at radius 1 is 1.11 bits per heavy atom. The number of aryl methyl sites for hydroxylation is 2. The van der Waals surface area contributed by atoms with Gasteiger partial charge in [0, 0.05) is 10.4 Å². The molecule has 2 aromatic heterocycles. The molecule has 0 saturated heterocycles. The van der Waals surface area contributed by atoms with Gasteiger partial charge >= 0.3 is 0 Å². The number of nitrogens with two attached hydrogens (primary N) is 1. The molecule has 0 saturated carbocycles. The molecule has 1 aromatic carbocycles. The van der Waals surface area contributed by atoms with Gasteiger partial charge in [0.15, 0.2) is 5.82 Å². The van der Waals surface area contributed by atoms with Crippen molar-refractivity contribution in [1.29, 1.82) is 0 Å². The minimum atomic E-state index is -0.292. The molecule has 0 aliphatic rings. The maximum absolute atomic E-state index is 13.4. The maximum atomic E-state index is 13.4. The van der Waals surface area contributed by atoms with Gasteiger partial charge in [0.1, 0.15) is 16.5 Å². The van der Waals surface area contributed by atoms with Gasteiger partial charge in [-0.15, -0.1) is 11.3 Å². The minimum Gasteiger partial charge on any atom is -0.383 e. The first-order chi connectivity index (χ1) is 9.02. The van der Waals surface area contributed by atoms with Crippen LogP contribution in [0.3, 0.4) is 0 Å². The molecular formula is C14H12FN3S. The smallest absolute Gasteiger partial charge is 0.163 e. The van der Waals surface area contributed by atoms with Gasteiger partial charge in [0.25, 0.3) is 0 Å². The highest BCUT2D eigenvalue weighted by Crippen LogP contribution is 2.29. The van der Waals surface area contributed by atoms with Gasteiger partial charge in [-0.25, -0.2) is 14.4 Å². The van der Waals surface area contributed by atoms with Crippen LogP contribution >= 0.6 is 11.3 Å². The van der Waals surface area contributed by atoms with Crippen LogP contribution in [0.15, 0.2) is 24.3 Å². The van der Waals surface area contributed by atoms with Crippen molar-refractivity contribution in [2.75, 3.05) is 5.73 Å². The predicted octanol–water partition coefficient (Wildman–Crippen LogP) is 3.70. The molecule has 96 valence electrons. The molecule has 0 aliphatic heterocycles. The van der Waals surface area contributed by atoms with Crippen LogP contribution in [-0.4, -0.2) is 9.97 Å². The molecule has 0 bridgehead atoms. The summed E-state index contributed by atoms with van der Waals surface area (Å²) < 4.78 is 13.4. The van der Waals surface area contributed by atoms with Crippen molar-refractivity contribution in [3.8, 4) is 11.4 Å². The molecular weight excluding hydrogens is 261 g/mol. The number of halogens is 1. The first-order valence-electron chi connectivity index (χ1n) is 5.84. The number of nitrogens with zero attached hydrogens (tertiary/aromatic N) is 2. The Kier molecular flexibility index (Phi) is 2.71. The van der Waals surface area contributed by atoms with Gasteiger partial charge in [0.2, 0.25) is 0 Å². The zero-order valence-corrected chi connectivity index (χ0v) is 11.4. The molecule has 0 amide bonds. The Bertz CT molecular complexity index is 759. The second-order valence-corrected chi connectivity index (χ2v) is 5.76. The Morgan fingerprint density at radius 2 is 1.89 bits per heavy atom. The van der Waals surface area contributed by atoms with Crippen LogP contribution in [0.25, 0.3) is 21.6 Å². The SMILES string of the molecule is Cc1cc(F)cc(-c2nc(N)c3cc(C)sc3n2)c1. The number of nitrogen functional groups attached to an aromatic ring is 1. The highest BCUT2D eigenvalue weighted by Gasteiger charge is 2.10. The molecule has 0 aliphatic carbocycles. The summed E-state index contributed by atoms with van der Waals surface area (Å²) in [6.07, 6.45) is 0. The summed E-state index contributed by atoms with van der Waals surface area (Å²) in [5.74, 6) is 0.611. The number of rotatable bonds is 1. The number of hydrogen-bond donors (Lipinski definition) is 1. The van der Waals surface area contributed by atoms with E-state index >= 15 is 0 Å². The zero-order chi connectivity index (χ0) is 13.6. The lowest BCUT2D eigenvalue weighted by Gasteiger charge is -2.04. The van der Waals surface area contributed by atoms with E-state index in [0.29, 0.717) is 17.2 Å². The number of fused-ring (bicyclic) bond motifs is 1. The van der Waals surface area contributed by atoms with Crippen molar-refractivity contribution >= 4 is 27.4 Å². The van der Waals surface area contributed by atoms with Gasteiger partial charge in [-0.3, -0.25) is 0 Å². The lowest BCUT2D eigenvalue weighted by atomic mass is 10.1. The third-order valence-corrected chi connectivity index (χ3v) is 3.79. The van der Waals surface area contributed by atoms with E-state index in [-0.39, 0.29) is 5.82 Å². The van der Waals surface area contributed by atoms with Gasteiger partial charge in [-0.05, 0) is 43.7 Å². The van der Waals surface area contributed by atoms with Crippen molar-refractivity contribution < 1.29 is 4.39 Å². The summed E-state index contributed by atoms with van der Waals surface area (Å²) in [5.41, 5.74) is 7.43. The second-order valence-electron chi connectivity index (χ2n) is 4.53.